The highest BCUT2D eigenvalue weighted by molar-refractivity contribution is 5.71. The van der Waals surface area contributed by atoms with E-state index in [9.17, 15) is 14.4 Å². The Morgan fingerprint density at radius 3 is 0.805 bits per heavy atom. The van der Waals surface area contributed by atoms with E-state index in [1.165, 1.54) is 116 Å². The Morgan fingerprint density at radius 1 is 0.273 bits per heavy atom. The molecule has 0 aromatic carbocycles. The Morgan fingerprint density at radius 2 is 0.506 bits per heavy atom. The zero-order chi connectivity index (χ0) is 55.7. The maximum atomic E-state index is 12.9. The molecule has 0 aromatic heterocycles. The zero-order valence-corrected chi connectivity index (χ0v) is 50.2. The highest BCUT2D eigenvalue weighted by Gasteiger charge is 2.19. The van der Waals surface area contributed by atoms with Crippen LogP contribution in [0.3, 0.4) is 0 Å². The number of hydrogen-bond donors (Lipinski definition) is 0. The van der Waals surface area contributed by atoms with Crippen LogP contribution in [0, 0.1) is 0 Å². The average Bonchev–Trinajstić information content (AvgIpc) is 3.43. The van der Waals surface area contributed by atoms with Crippen molar-refractivity contribution < 1.29 is 28.6 Å². The first-order valence-electron chi connectivity index (χ1n) is 32.0. The lowest BCUT2D eigenvalue weighted by Gasteiger charge is -2.18. The highest BCUT2D eigenvalue weighted by atomic mass is 16.6. The van der Waals surface area contributed by atoms with Crippen LogP contribution in [0.4, 0.5) is 0 Å². The summed E-state index contributed by atoms with van der Waals surface area (Å²) in [5, 5.41) is 0. The van der Waals surface area contributed by atoms with Gasteiger partial charge in [-0.05, 0) is 109 Å². The van der Waals surface area contributed by atoms with Gasteiger partial charge < -0.3 is 14.2 Å². The summed E-state index contributed by atoms with van der Waals surface area (Å²) in [4.78, 5) is 38.3. The molecule has 1 unspecified atom stereocenters. The smallest absolute Gasteiger partial charge is 0.306 e. The summed E-state index contributed by atoms with van der Waals surface area (Å²) in [6, 6.07) is 0. The third kappa shape index (κ3) is 62.5. The van der Waals surface area contributed by atoms with Gasteiger partial charge in [0.2, 0.25) is 0 Å². The lowest BCUT2D eigenvalue weighted by atomic mass is 10.0. The van der Waals surface area contributed by atoms with E-state index >= 15 is 0 Å². The van der Waals surface area contributed by atoms with E-state index < -0.39 is 6.10 Å². The zero-order valence-electron chi connectivity index (χ0n) is 50.2. The predicted molar refractivity (Wildman–Crippen MR) is 334 cm³/mol. The minimum Gasteiger partial charge on any atom is -0.462 e. The summed E-state index contributed by atoms with van der Waals surface area (Å²) in [5.74, 6) is -0.927. The minimum absolute atomic E-state index is 0.0936. The fourth-order valence-electron chi connectivity index (χ4n) is 8.73. The normalized spacial score (nSPS) is 12.9. The molecule has 6 nitrogen and oxygen atoms in total. The van der Waals surface area contributed by atoms with Gasteiger partial charge in [-0.3, -0.25) is 14.4 Å². The summed E-state index contributed by atoms with van der Waals surface area (Å²) in [6.07, 6.45) is 89.2. The van der Waals surface area contributed by atoms with Gasteiger partial charge >= 0.3 is 17.9 Å². The van der Waals surface area contributed by atoms with Crippen LogP contribution in [0.15, 0.2) is 122 Å². The third-order valence-corrected chi connectivity index (χ3v) is 13.5. The fraction of sp³-hybridized carbons (Fsp3) is 0.676. The summed E-state index contributed by atoms with van der Waals surface area (Å²) in [6.45, 7) is 6.40. The van der Waals surface area contributed by atoms with Crippen LogP contribution in [-0.4, -0.2) is 37.2 Å². The van der Waals surface area contributed by atoms with E-state index in [0.717, 1.165) is 135 Å². The van der Waals surface area contributed by atoms with Crippen molar-refractivity contribution in [2.24, 2.45) is 0 Å². The van der Waals surface area contributed by atoms with Gasteiger partial charge in [0.1, 0.15) is 13.2 Å². The molecule has 0 fully saturated rings. The second-order valence-corrected chi connectivity index (χ2v) is 20.9. The second kappa shape index (κ2) is 64.3. The lowest BCUT2D eigenvalue weighted by Crippen LogP contribution is -2.30. The molecule has 0 saturated carbocycles. The Kier molecular flexibility index (Phi) is 60.8. The van der Waals surface area contributed by atoms with Crippen molar-refractivity contribution in [1.82, 2.24) is 0 Å². The van der Waals surface area contributed by atoms with E-state index in [0.29, 0.717) is 19.3 Å². The first kappa shape index (κ1) is 72.8. The molecule has 0 amide bonds. The standard InChI is InChI=1S/C71H118O6/c1-4-7-10-13-16-19-22-25-27-29-30-31-32-33-34-35-36-37-38-39-40-42-43-46-49-52-55-58-61-64-70(73)76-67-68(66-75-69(72)63-60-57-54-51-48-45-24-21-18-15-12-9-6-3)77-71(74)65-62-59-56-53-50-47-44-41-28-26-23-20-17-14-11-8-5-2/h7,9-10,12,16,18-19,21,25,27,30-31,33-34,36-37,39-40,45,48,68H,4-6,8,11,13-15,17,20,22-24,26,28-29,32,35,38,41-44,46-47,49-67H2,1-3H3/b10-7-,12-9-,19-16-,21-18-,27-25-,31-30-,34-33-,37-36-,40-39-,48-45-. The van der Waals surface area contributed by atoms with Gasteiger partial charge in [0.05, 0.1) is 0 Å². The molecule has 0 spiro atoms. The SMILES string of the molecule is CC/C=C\C/C=C\C/C=C\C/C=C\C/C=C\C/C=C\C/C=C\CCCCCCCCCC(=O)OCC(COC(=O)CCCCC/C=C\C/C=C\C/C=C\CC)OC(=O)CCCCCCCCCCCCCCCCCCC. The molecule has 0 bridgehead atoms. The molecule has 77 heavy (non-hydrogen) atoms. The summed E-state index contributed by atoms with van der Waals surface area (Å²) in [7, 11) is 0. The van der Waals surface area contributed by atoms with Gasteiger partial charge in [-0.25, -0.2) is 0 Å². The molecular formula is C71H118O6. The van der Waals surface area contributed by atoms with Crippen molar-refractivity contribution >= 4 is 17.9 Å². The highest BCUT2D eigenvalue weighted by Crippen LogP contribution is 2.16. The van der Waals surface area contributed by atoms with Crippen LogP contribution in [0.2, 0.25) is 0 Å². The number of carbonyl (C=O) groups excluding carboxylic acids is 3. The predicted octanol–water partition coefficient (Wildman–Crippen LogP) is 22.0. The fourth-order valence-corrected chi connectivity index (χ4v) is 8.73. The molecule has 0 aromatic rings. The summed E-state index contributed by atoms with van der Waals surface area (Å²) in [5.41, 5.74) is 0. The molecule has 1 atom stereocenters. The van der Waals surface area contributed by atoms with E-state index in [1.807, 2.05) is 0 Å². The average molecular weight is 1070 g/mol. The number of ether oxygens (including phenoxy) is 3. The molecule has 0 radical (unpaired) electrons. The van der Waals surface area contributed by atoms with Crippen LogP contribution in [0.1, 0.15) is 290 Å². The van der Waals surface area contributed by atoms with Crippen LogP contribution in [0.5, 0.6) is 0 Å². The molecule has 438 valence electrons. The van der Waals surface area contributed by atoms with Crippen LogP contribution in [0.25, 0.3) is 0 Å². The van der Waals surface area contributed by atoms with Crippen molar-refractivity contribution in [2.75, 3.05) is 13.2 Å². The monoisotopic (exact) mass is 1070 g/mol. The number of unbranched alkanes of at least 4 members (excludes halogenated alkanes) is 26. The Labute approximate surface area is 475 Å². The molecule has 0 heterocycles. The molecule has 0 saturated heterocycles. The second-order valence-electron chi connectivity index (χ2n) is 20.9. The van der Waals surface area contributed by atoms with Crippen LogP contribution < -0.4 is 0 Å². The van der Waals surface area contributed by atoms with Crippen molar-refractivity contribution in [2.45, 2.75) is 297 Å². The van der Waals surface area contributed by atoms with Gasteiger partial charge in [-0.2, -0.15) is 0 Å². The topological polar surface area (TPSA) is 78.9 Å². The van der Waals surface area contributed by atoms with E-state index in [2.05, 4.69) is 142 Å². The quantitative estimate of drug-likeness (QED) is 0.0261. The Bertz CT molecular complexity index is 1600. The Hall–Kier alpha value is -4.19. The maximum Gasteiger partial charge on any atom is 0.306 e. The summed E-state index contributed by atoms with van der Waals surface area (Å²) < 4.78 is 16.9. The van der Waals surface area contributed by atoms with Gasteiger partial charge in [-0.15, -0.1) is 0 Å². The van der Waals surface area contributed by atoms with Crippen molar-refractivity contribution in [3.05, 3.63) is 122 Å². The maximum absolute atomic E-state index is 12.9. The number of hydrogen-bond acceptors (Lipinski definition) is 6. The Balaban J connectivity index is 4.34. The van der Waals surface area contributed by atoms with Gasteiger partial charge in [0.25, 0.3) is 0 Å². The molecule has 0 aliphatic rings. The molecular weight excluding hydrogens is 949 g/mol. The van der Waals surface area contributed by atoms with Crippen LogP contribution in [-0.2, 0) is 28.6 Å². The van der Waals surface area contributed by atoms with E-state index in [-0.39, 0.29) is 31.1 Å². The summed E-state index contributed by atoms with van der Waals surface area (Å²) >= 11 is 0. The molecule has 6 heteroatoms. The van der Waals surface area contributed by atoms with Crippen molar-refractivity contribution in [3.8, 4) is 0 Å². The lowest BCUT2D eigenvalue weighted by molar-refractivity contribution is -0.167. The number of rotatable bonds is 57. The van der Waals surface area contributed by atoms with E-state index in [4.69, 9.17) is 14.2 Å². The molecule has 0 N–H and O–H groups in total. The first-order chi connectivity index (χ1) is 38.0. The molecule has 0 aliphatic heterocycles. The number of allylic oxidation sites excluding steroid dienone is 20. The first-order valence-corrected chi connectivity index (χ1v) is 32.0. The molecule has 0 aliphatic carbocycles. The number of esters is 3. The number of carbonyl (C=O) groups is 3. The van der Waals surface area contributed by atoms with Crippen molar-refractivity contribution in [1.29, 1.82) is 0 Å². The van der Waals surface area contributed by atoms with E-state index in [1.54, 1.807) is 0 Å². The largest absolute Gasteiger partial charge is 0.462 e. The third-order valence-electron chi connectivity index (χ3n) is 13.5. The van der Waals surface area contributed by atoms with Gasteiger partial charge in [0, 0.05) is 19.3 Å². The molecule has 0 rings (SSSR count). The van der Waals surface area contributed by atoms with Crippen molar-refractivity contribution in [3.63, 3.8) is 0 Å². The minimum atomic E-state index is -0.797. The van der Waals surface area contributed by atoms with Gasteiger partial charge in [0.15, 0.2) is 6.10 Å². The van der Waals surface area contributed by atoms with Gasteiger partial charge in [-0.1, -0.05) is 284 Å². The van der Waals surface area contributed by atoms with Crippen LogP contribution >= 0.6 is 0 Å².